The Labute approximate surface area is 114 Å². The quantitative estimate of drug-likeness (QED) is 0.816. The van der Waals surface area contributed by atoms with Crippen LogP contribution in [0.4, 0.5) is 4.39 Å². The summed E-state index contributed by atoms with van der Waals surface area (Å²) in [6.45, 7) is 2.91. The summed E-state index contributed by atoms with van der Waals surface area (Å²) in [4.78, 5) is 0. The van der Waals surface area contributed by atoms with Gasteiger partial charge in [0.15, 0.2) is 0 Å². The highest BCUT2D eigenvalue weighted by molar-refractivity contribution is 6.30. The molecule has 1 saturated carbocycles. The van der Waals surface area contributed by atoms with Crippen molar-refractivity contribution < 1.29 is 4.39 Å². The lowest BCUT2D eigenvalue weighted by Gasteiger charge is -2.22. The van der Waals surface area contributed by atoms with Gasteiger partial charge in [0, 0.05) is 16.6 Å². The average molecular weight is 270 g/mol. The Hall–Kier alpha value is -0.600. The summed E-state index contributed by atoms with van der Waals surface area (Å²) in [7, 11) is 0. The van der Waals surface area contributed by atoms with Crippen LogP contribution in [0.15, 0.2) is 18.2 Å². The summed E-state index contributed by atoms with van der Waals surface area (Å²) in [5, 5.41) is 4.01. The largest absolute Gasteiger partial charge is 0.310 e. The summed E-state index contributed by atoms with van der Waals surface area (Å²) >= 11 is 5.98. The minimum absolute atomic E-state index is 0.0943. The maximum atomic E-state index is 13.9. The van der Waals surface area contributed by atoms with E-state index in [2.05, 4.69) is 12.2 Å². The van der Waals surface area contributed by atoms with E-state index in [1.807, 2.05) is 0 Å². The molecule has 0 spiro atoms. The summed E-state index contributed by atoms with van der Waals surface area (Å²) in [6, 6.07) is 4.94. The van der Waals surface area contributed by atoms with Gasteiger partial charge in [-0.3, -0.25) is 0 Å². The van der Waals surface area contributed by atoms with Crippen LogP contribution < -0.4 is 5.32 Å². The minimum atomic E-state index is -0.150. The lowest BCUT2D eigenvalue weighted by molar-refractivity contribution is 0.391. The second kappa shape index (κ2) is 6.53. The van der Waals surface area contributed by atoms with E-state index in [1.165, 1.54) is 31.7 Å². The van der Waals surface area contributed by atoms with Gasteiger partial charge >= 0.3 is 0 Å². The third kappa shape index (κ3) is 3.46. The lowest BCUT2D eigenvalue weighted by atomic mass is 9.93. The maximum absolute atomic E-state index is 13.9. The smallest absolute Gasteiger partial charge is 0.128 e. The van der Waals surface area contributed by atoms with Crippen LogP contribution in [0.1, 0.15) is 50.6 Å². The minimum Gasteiger partial charge on any atom is -0.310 e. The molecule has 0 heterocycles. The molecule has 0 radical (unpaired) electrons. The van der Waals surface area contributed by atoms with Gasteiger partial charge in [-0.2, -0.15) is 0 Å². The standard InChI is InChI=1S/C15H21ClFN/c1-2-18-15(9-11-5-3-4-6-11)13-10-12(16)7-8-14(13)17/h7-8,10-11,15,18H,2-6,9H2,1H3. The van der Waals surface area contributed by atoms with E-state index >= 15 is 0 Å². The van der Waals surface area contributed by atoms with Gasteiger partial charge in [0.05, 0.1) is 0 Å². The second-order valence-corrected chi connectivity index (χ2v) is 5.60. The van der Waals surface area contributed by atoms with E-state index in [0.29, 0.717) is 5.02 Å². The Morgan fingerprint density at radius 3 is 2.78 bits per heavy atom. The molecule has 0 bridgehead atoms. The van der Waals surface area contributed by atoms with Crippen LogP contribution in [0.5, 0.6) is 0 Å². The van der Waals surface area contributed by atoms with Gasteiger partial charge in [-0.1, -0.05) is 44.2 Å². The molecule has 0 aromatic heterocycles. The Kier molecular flexibility index (Phi) is 5.02. The van der Waals surface area contributed by atoms with Crippen molar-refractivity contribution in [3.05, 3.63) is 34.6 Å². The zero-order valence-electron chi connectivity index (χ0n) is 10.9. The number of benzene rings is 1. The van der Waals surface area contributed by atoms with Crippen molar-refractivity contribution in [1.82, 2.24) is 5.32 Å². The molecule has 1 aromatic rings. The van der Waals surface area contributed by atoms with Gasteiger partial charge in [-0.15, -0.1) is 0 Å². The monoisotopic (exact) mass is 269 g/mol. The predicted molar refractivity (Wildman–Crippen MR) is 74.4 cm³/mol. The second-order valence-electron chi connectivity index (χ2n) is 5.16. The van der Waals surface area contributed by atoms with Crippen molar-refractivity contribution in [1.29, 1.82) is 0 Å². The zero-order chi connectivity index (χ0) is 13.0. The molecule has 0 amide bonds. The summed E-state index contributed by atoms with van der Waals surface area (Å²) in [6.07, 6.45) is 6.22. The molecule has 0 aliphatic heterocycles. The topological polar surface area (TPSA) is 12.0 Å². The molecule has 1 N–H and O–H groups in total. The fourth-order valence-corrected chi connectivity index (χ4v) is 3.11. The van der Waals surface area contributed by atoms with Crippen molar-refractivity contribution in [2.75, 3.05) is 6.54 Å². The van der Waals surface area contributed by atoms with Crippen LogP contribution >= 0.6 is 11.6 Å². The van der Waals surface area contributed by atoms with Crippen LogP contribution in [0, 0.1) is 11.7 Å². The van der Waals surface area contributed by atoms with Gasteiger partial charge in [0.2, 0.25) is 0 Å². The first-order valence-electron chi connectivity index (χ1n) is 6.89. The van der Waals surface area contributed by atoms with Crippen molar-refractivity contribution in [2.24, 2.45) is 5.92 Å². The molecule has 1 fully saturated rings. The Morgan fingerprint density at radius 1 is 1.39 bits per heavy atom. The van der Waals surface area contributed by atoms with E-state index in [9.17, 15) is 4.39 Å². The molecule has 18 heavy (non-hydrogen) atoms. The molecule has 1 atom stereocenters. The van der Waals surface area contributed by atoms with Gasteiger partial charge in [0.25, 0.3) is 0 Å². The third-order valence-electron chi connectivity index (χ3n) is 3.83. The number of hydrogen-bond acceptors (Lipinski definition) is 1. The maximum Gasteiger partial charge on any atom is 0.128 e. The van der Waals surface area contributed by atoms with Crippen LogP contribution in [0.25, 0.3) is 0 Å². The van der Waals surface area contributed by atoms with E-state index in [4.69, 9.17) is 11.6 Å². The lowest BCUT2D eigenvalue weighted by Crippen LogP contribution is -2.24. The van der Waals surface area contributed by atoms with Crippen LogP contribution in [-0.2, 0) is 0 Å². The highest BCUT2D eigenvalue weighted by Crippen LogP contribution is 2.34. The van der Waals surface area contributed by atoms with Crippen molar-refractivity contribution in [2.45, 2.75) is 45.1 Å². The summed E-state index contributed by atoms with van der Waals surface area (Å²) in [5.74, 6) is 0.579. The third-order valence-corrected chi connectivity index (χ3v) is 4.06. The molecule has 1 aliphatic carbocycles. The number of halogens is 2. The summed E-state index contributed by atoms with van der Waals surface area (Å²) in [5.41, 5.74) is 0.719. The normalized spacial score (nSPS) is 18.2. The number of rotatable bonds is 5. The van der Waals surface area contributed by atoms with Gasteiger partial charge in [-0.25, -0.2) is 4.39 Å². The highest BCUT2D eigenvalue weighted by atomic mass is 35.5. The fourth-order valence-electron chi connectivity index (χ4n) is 2.93. The van der Waals surface area contributed by atoms with Gasteiger partial charge in [-0.05, 0) is 37.1 Å². The van der Waals surface area contributed by atoms with Gasteiger partial charge < -0.3 is 5.32 Å². The molecular weight excluding hydrogens is 249 g/mol. The molecule has 100 valence electrons. The first-order chi connectivity index (χ1) is 8.70. The zero-order valence-corrected chi connectivity index (χ0v) is 11.6. The molecule has 1 nitrogen and oxygen atoms in total. The van der Waals surface area contributed by atoms with Crippen LogP contribution in [-0.4, -0.2) is 6.54 Å². The van der Waals surface area contributed by atoms with E-state index in [0.717, 1.165) is 24.4 Å². The van der Waals surface area contributed by atoms with Crippen molar-refractivity contribution in [3.63, 3.8) is 0 Å². The Bertz CT molecular complexity index is 388. The SMILES string of the molecule is CCNC(CC1CCCC1)c1cc(Cl)ccc1F. The van der Waals surface area contributed by atoms with Crippen LogP contribution in [0.2, 0.25) is 5.02 Å². The fraction of sp³-hybridized carbons (Fsp3) is 0.600. The Balaban J connectivity index is 2.14. The Morgan fingerprint density at radius 2 is 2.11 bits per heavy atom. The van der Waals surface area contributed by atoms with E-state index in [-0.39, 0.29) is 11.9 Å². The molecule has 1 aromatic carbocycles. The van der Waals surface area contributed by atoms with Gasteiger partial charge in [0.1, 0.15) is 5.82 Å². The van der Waals surface area contributed by atoms with E-state index in [1.54, 1.807) is 12.1 Å². The molecule has 3 heteroatoms. The number of nitrogens with one attached hydrogen (secondary N) is 1. The van der Waals surface area contributed by atoms with Crippen LogP contribution in [0.3, 0.4) is 0 Å². The molecule has 2 rings (SSSR count). The summed E-state index contributed by atoms with van der Waals surface area (Å²) < 4.78 is 13.9. The average Bonchev–Trinajstić information content (AvgIpc) is 2.85. The molecule has 0 saturated heterocycles. The molecular formula is C15H21ClFN. The first kappa shape index (κ1) is 13.8. The molecule has 1 aliphatic rings. The van der Waals surface area contributed by atoms with Crippen molar-refractivity contribution >= 4 is 11.6 Å². The predicted octanol–water partition coefficient (Wildman–Crippen LogP) is 4.71. The molecule has 1 unspecified atom stereocenters. The van der Waals surface area contributed by atoms with E-state index < -0.39 is 0 Å². The first-order valence-corrected chi connectivity index (χ1v) is 7.26. The number of hydrogen-bond donors (Lipinski definition) is 1. The van der Waals surface area contributed by atoms with Crippen molar-refractivity contribution in [3.8, 4) is 0 Å². The highest BCUT2D eigenvalue weighted by Gasteiger charge is 2.22.